The minimum Gasteiger partial charge on any atom is -0.495 e. The average molecular weight is 562 g/mol. The second kappa shape index (κ2) is 10.0. The van der Waals surface area contributed by atoms with Crippen LogP contribution in [0.3, 0.4) is 0 Å². The van der Waals surface area contributed by atoms with Crippen molar-refractivity contribution in [3.8, 4) is 5.75 Å². The zero-order valence-corrected chi connectivity index (χ0v) is 23.2. The van der Waals surface area contributed by atoms with Gasteiger partial charge >= 0.3 is 0 Å². The number of guanidine groups is 1. The summed E-state index contributed by atoms with van der Waals surface area (Å²) in [6.45, 7) is 3.35. The summed E-state index contributed by atoms with van der Waals surface area (Å²) in [7, 11) is -0.990. The number of aliphatic imine (C=N–C) groups is 1. The van der Waals surface area contributed by atoms with Crippen LogP contribution in [0.4, 0.5) is 4.39 Å². The van der Waals surface area contributed by atoms with E-state index < -0.39 is 26.1 Å². The lowest BCUT2D eigenvalue weighted by molar-refractivity contribution is 0.280. The zero-order chi connectivity index (χ0) is 27.1. The maximum atomic E-state index is 15.6. The van der Waals surface area contributed by atoms with E-state index in [0.29, 0.717) is 31.8 Å². The van der Waals surface area contributed by atoms with Crippen LogP contribution in [0.15, 0.2) is 57.8 Å². The van der Waals surface area contributed by atoms with E-state index in [2.05, 4.69) is 15.3 Å². The van der Waals surface area contributed by atoms with Gasteiger partial charge in [-0.2, -0.15) is 0 Å². The topological polar surface area (TPSA) is 126 Å². The number of likely N-dealkylation sites (tertiary alicyclic amines) is 1. The van der Waals surface area contributed by atoms with Gasteiger partial charge in [0.05, 0.1) is 30.2 Å². The van der Waals surface area contributed by atoms with Crippen molar-refractivity contribution in [3.63, 3.8) is 0 Å². The zero-order valence-electron chi connectivity index (χ0n) is 21.6. The molecule has 0 radical (unpaired) electrons. The van der Waals surface area contributed by atoms with Crippen LogP contribution < -0.4 is 15.8 Å². The Morgan fingerprint density at radius 1 is 1.32 bits per heavy atom. The Bertz CT molecular complexity index is 1380. The highest BCUT2D eigenvalue weighted by Crippen LogP contribution is 2.51. The number of nitrogens with two attached hydrogens (primary N) is 1. The first-order valence-corrected chi connectivity index (χ1v) is 14.7. The van der Waals surface area contributed by atoms with Gasteiger partial charge in [0.25, 0.3) is 0 Å². The highest BCUT2D eigenvalue weighted by atomic mass is 32.2. The van der Waals surface area contributed by atoms with Crippen LogP contribution in [0.25, 0.3) is 0 Å². The number of halogens is 1. The van der Waals surface area contributed by atoms with Gasteiger partial charge in [-0.25, -0.2) is 27.1 Å². The maximum absolute atomic E-state index is 15.6. The molecule has 3 N–H and O–H groups in total. The quantitative estimate of drug-likeness (QED) is 0.527. The number of nitrogens with zero attached hydrogens (tertiary/aromatic N) is 5. The lowest BCUT2D eigenvalue weighted by atomic mass is 9.75. The third-order valence-electron chi connectivity index (χ3n) is 7.86. The van der Waals surface area contributed by atoms with Crippen LogP contribution in [-0.2, 0) is 23.1 Å². The minimum atomic E-state index is -3.98. The maximum Gasteiger partial charge on any atom is 0.247 e. The SMILES string of the molecule is COc1ccc(CNC2C=C([C@@]3(C)N=C(N)N(C)S(=O)(=O)[C@]34CCN(Cc3cscn3)C4)C(F)=CC2)nc1. The fraction of sp³-hybridized carbons (Fsp3) is 0.480. The number of hydrogen-bond donors (Lipinski definition) is 2. The summed E-state index contributed by atoms with van der Waals surface area (Å²) >= 11 is 1.49. The van der Waals surface area contributed by atoms with Crippen molar-refractivity contribution in [2.75, 3.05) is 27.2 Å². The van der Waals surface area contributed by atoms with E-state index in [1.807, 2.05) is 22.4 Å². The Kier molecular flexibility index (Phi) is 7.05. The molecule has 2 aromatic heterocycles. The van der Waals surface area contributed by atoms with Crippen LogP contribution in [0.1, 0.15) is 31.2 Å². The summed E-state index contributed by atoms with van der Waals surface area (Å²) in [5, 5.41) is 5.34. The van der Waals surface area contributed by atoms with E-state index in [0.717, 1.165) is 15.7 Å². The van der Waals surface area contributed by atoms with Crippen molar-refractivity contribution in [2.24, 2.45) is 10.7 Å². The first kappa shape index (κ1) is 26.7. The van der Waals surface area contributed by atoms with E-state index in [-0.39, 0.29) is 30.5 Å². The van der Waals surface area contributed by atoms with Crippen LogP contribution >= 0.6 is 11.3 Å². The molecule has 0 amide bonds. The third kappa shape index (κ3) is 4.40. The van der Waals surface area contributed by atoms with Crippen molar-refractivity contribution in [1.29, 1.82) is 0 Å². The van der Waals surface area contributed by atoms with E-state index in [1.165, 1.54) is 24.5 Å². The van der Waals surface area contributed by atoms with Crippen molar-refractivity contribution < 1.29 is 17.5 Å². The van der Waals surface area contributed by atoms with E-state index in [4.69, 9.17) is 15.5 Å². The van der Waals surface area contributed by atoms with E-state index in [9.17, 15) is 8.42 Å². The summed E-state index contributed by atoms with van der Waals surface area (Å²) in [6, 6.07) is 3.44. The molecule has 204 valence electrons. The van der Waals surface area contributed by atoms with Crippen LogP contribution in [0, 0.1) is 0 Å². The summed E-state index contributed by atoms with van der Waals surface area (Å²) in [4.78, 5) is 15.5. The normalized spacial score (nSPS) is 29.2. The van der Waals surface area contributed by atoms with Crippen LogP contribution in [0.2, 0.25) is 0 Å². The number of ether oxygens (including phenoxy) is 1. The van der Waals surface area contributed by atoms with E-state index >= 15 is 4.39 Å². The molecule has 1 aliphatic carbocycles. The predicted octanol–water partition coefficient (Wildman–Crippen LogP) is 2.18. The van der Waals surface area contributed by atoms with Crippen molar-refractivity contribution in [1.82, 2.24) is 24.5 Å². The lowest BCUT2D eigenvalue weighted by Gasteiger charge is -2.49. The van der Waals surface area contributed by atoms with Gasteiger partial charge in [-0.15, -0.1) is 11.3 Å². The molecule has 0 aromatic carbocycles. The monoisotopic (exact) mass is 561 g/mol. The second-order valence-corrected chi connectivity index (χ2v) is 13.0. The molecule has 1 saturated heterocycles. The summed E-state index contributed by atoms with van der Waals surface area (Å²) < 4.78 is 48.5. The molecule has 2 aliphatic heterocycles. The Hall–Kier alpha value is -2.87. The molecular formula is C25H32FN7O3S2. The Balaban J connectivity index is 1.48. The smallest absolute Gasteiger partial charge is 0.247 e. The molecule has 2 aromatic rings. The summed E-state index contributed by atoms with van der Waals surface area (Å²) in [5.74, 6) is 0.0418. The number of hydrogen-bond acceptors (Lipinski definition) is 10. The standard InChI is InChI=1S/C25H32FN7O3S2/c1-24(21-10-17(5-7-22(21)26)28-11-18-4-6-20(36-3)12-29-18)25(38(34,35)32(2)23(27)31-24)8-9-33(15-25)13-19-14-37-16-30-19/h4,6-7,10,12,14,16-17,28H,5,8-9,11,13,15H2,1-3H3,(H2,27,31)/t17?,24-,25+/m1/s1. The van der Waals surface area contributed by atoms with Gasteiger partial charge in [-0.1, -0.05) is 6.08 Å². The molecule has 10 nitrogen and oxygen atoms in total. The number of thiazole rings is 1. The highest BCUT2D eigenvalue weighted by Gasteiger charge is 2.66. The molecule has 0 bridgehead atoms. The predicted molar refractivity (Wildman–Crippen MR) is 145 cm³/mol. The first-order valence-electron chi connectivity index (χ1n) is 12.3. The minimum absolute atomic E-state index is 0.151. The van der Waals surface area contributed by atoms with Crippen molar-refractivity contribution in [3.05, 3.63) is 64.2 Å². The average Bonchev–Trinajstić information content (AvgIpc) is 3.58. The second-order valence-electron chi connectivity index (χ2n) is 9.99. The fourth-order valence-corrected chi connectivity index (χ4v) is 8.30. The van der Waals surface area contributed by atoms with Gasteiger partial charge in [-0.3, -0.25) is 9.88 Å². The molecule has 13 heteroatoms. The number of rotatable bonds is 7. The van der Waals surface area contributed by atoms with Gasteiger partial charge < -0.3 is 15.8 Å². The summed E-state index contributed by atoms with van der Waals surface area (Å²) in [6.07, 6.45) is 5.60. The number of pyridine rings is 1. The van der Waals surface area contributed by atoms with Crippen molar-refractivity contribution in [2.45, 2.75) is 49.2 Å². The molecule has 3 aliphatic rings. The van der Waals surface area contributed by atoms with Gasteiger partial charge in [-0.05, 0) is 38.0 Å². The Labute approximate surface area is 226 Å². The largest absolute Gasteiger partial charge is 0.495 e. The van der Waals surface area contributed by atoms with E-state index in [1.54, 1.807) is 31.8 Å². The molecule has 4 heterocycles. The number of aromatic nitrogens is 2. The number of sulfonamides is 1. The molecule has 1 fully saturated rings. The van der Waals surface area contributed by atoms with Gasteiger partial charge in [0, 0.05) is 50.2 Å². The molecule has 5 rings (SSSR count). The molecule has 0 saturated carbocycles. The number of nitrogens with one attached hydrogen (secondary N) is 1. The highest BCUT2D eigenvalue weighted by molar-refractivity contribution is 7.91. The molecular weight excluding hydrogens is 529 g/mol. The number of methoxy groups -OCH3 is 1. The first-order chi connectivity index (χ1) is 18.1. The molecule has 3 atom stereocenters. The third-order valence-corrected chi connectivity index (χ3v) is 11.1. The summed E-state index contributed by atoms with van der Waals surface area (Å²) in [5.41, 5.74) is 8.37. The molecule has 1 spiro atoms. The molecule has 1 unspecified atom stereocenters. The van der Waals surface area contributed by atoms with Gasteiger partial charge in [0.1, 0.15) is 21.9 Å². The fourth-order valence-electron chi connectivity index (χ4n) is 5.59. The van der Waals surface area contributed by atoms with Gasteiger partial charge in [0.2, 0.25) is 16.0 Å². The van der Waals surface area contributed by atoms with Gasteiger partial charge in [0.15, 0.2) is 0 Å². The van der Waals surface area contributed by atoms with Crippen molar-refractivity contribution >= 4 is 27.3 Å². The molecule has 38 heavy (non-hydrogen) atoms. The lowest BCUT2D eigenvalue weighted by Crippen LogP contribution is -2.68. The van der Waals surface area contributed by atoms with Crippen LogP contribution in [0.5, 0.6) is 5.75 Å². The Morgan fingerprint density at radius 2 is 2.13 bits per heavy atom. The van der Waals surface area contributed by atoms with Crippen LogP contribution in [-0.4, -0.2) is 77.1 Å². The Morgan fingerprint density at radius 3 is 2.82 bits per heavy atom.